The van der Waals surface area contributed by atoms with Gasteiger partial charge in [0, 0.05) is 53.8 Å². The van der Waals surface area contributed by atoms with Gasteiger partial charge in [-0.05, 0) is 29.1 Å². The van der Waals surface area contributed by atoms with Gasteiger partial charge in [0.15, 0.2) is 23.4 Å². The molecule has 6 rings (SSSR count). The molecule has 2 aliphatic heterocycles. The van der Waals surface area contributed by atoms with Crippen LogP contribution in [0.1, 0.15) is 34.5 Å². The van der Waals surface area contributed by atoms with Gasteiger partial charge in [0.25, 0.3) is 0 Å². The van der Waals surface area contributed by atoms with E-state index in [1.54, 1.807) is 0 Å². The van der Waals surface area contributed by atoms with E-state index in [-0.39, 0.29) is 75.0 Å². The van der Waals surface area contributed by atoms with E-state index in [0.717, 1.165) is 24.3 Å². The van der Waals surface area contributed by atoms with Gasteiger partial charge in [-0.15, -0.1) is 0 Å². The number of hydrogen-bond acceptors (Lipinski definition) is 12. The summed E-state index contributed by atoms with van der Waals surface area (Å²) in [6, 6.07) is 8.05. The Balaban J connectivity index is 1.56. The molecule has 0 radical (unpaired) electrons. The first-order valence-electron chi connectivity index (χ1n) is 12.5. The summed E-state index contributed by atoms with van der Waals surface area (Å²) < 4.78 is 11.8. The smallest absolute Gasteiger partial charge is 0.231 e. The van der Waals surface area contributed by atoms with Gasteiger partial charge in [0.2, 0.25) is 5.43 Å². The molecule has 12 heteroatoms. The van der Waals surface area contributed by atoms with Crippen molar-refractivity contribution in [1.82, 2.24) is 0 Å². The Bertz CT molecular complexity index is 1800. The van der Waals surface area contributed by atoms with Crippen molar-refractivity contribution in [1.29, 1.82) is 0 Å². The number of rotatable bonds is 2. The average Bonchev–Trinajstić information content (AvgIpc) is 3.03. The molecule has 41 heavy (non-hydrogen) atoms. The monoisotopic (exact) mass is 564 g/mol. The van der Waals surface area contributed by atoms with E-state index >= 15 is 0 Å². The van der Waals surface area contributed by atoms with Crippen LogP contribution in [0.3, 0.4) is 0 Å². The van der Waals surface area contributed by atoms with Crippen LogP contribution in [0, 0.1) is 0 Å². The third-order valence-corrected chi connectivity index (χ3v) is 7.43. The zero-order valence-corrected chi connectivity index (χ0v) is 21.0. The Morgan fingerprint density at radius 2 is 1.15 bits per heavy atom. The van der Waals surface area contributed by atoms with Crippen molar-refractivity contribution in [3.63, 3.8) is 0 Å². The molecule has 0 aliphatic carbocycles. The van der Waals surface area contributed by atoms with Crippen LogP contribution in [-0.4, -0.2) is 58.2 Å². The highest BCUT2D eigenvalue weighted by Crippen LogP contribution is 2.47. The van der Waals surface area contributed by atoms with Gasteiger partial charge in [0.05, 0.1) is 17.6 Å². The Labute approximate surface area is 230 Å². The molecular formula is C29H24O12. The highest BCUT2D eigenvalue weighted by atomic mass is 16.5. The fourth-order valence-corrected chi connectivity index (χ4v) is 5.52. The van der Waals surface area contributed by atoms with Crippen molar-refractivity contribution in [2.75, 3.05) is 0 Å². The molecule has 4 aromatic carbocycles. The number of hydrogen-bond donors (Lipinski definition) is 9. The second kappa shape index (κ2) is 9.25. The molecule has 12 nitrogen and oxygen atoms in total. The summed E-state index contributed by atoms with van der Waals surface area (Å²) in [7, 11) is 0. The van der Waals surface area contributed by atoms with E-state index in [1.807, 2.05) is 0 Å². The Kier molecular flexibility index (Phi) is 5.90. The van der Waals surface area contributed by atoms with E-state index in [9.17, 15) is 50.8 Å². The zero-order chi connectivity index (χ0) is 29.3. The number of aromatic hydroxyl groups is 7. The van der Waals surface area contributed by atoms with Crippen LogP contribution in [0.25, 0.3) is 10.8 Å². The number of aliphatic hydroxyl groups excluding tert-OH is 2. The maximum Gasteiger partial charge on any atom is 0.231 e. The Hall–Kier alpha value is -5.07. The number of ether oxygens (including phenoxy) is 2. The largest absolute Gasteiger partial charge is 0.508 e. The van der Waals surface area contributed by atoms with Crippen LogP contribution in [0.5, 0.6) is 51.7 Å². The van der Waals surface area contributed by atoms with Crippen molar-refractivity contribution < 1.29 is 55.4 Å². The summed E-state index contributed by atoms with van der Waals surface area (Å²) in [4.78, 5) is 13.2. The first-order valence-corrected chi connectivity index (χ1v) is 12.5. The first kappa shape index (κ1) is 26.2. The number of benzene rings is 3. The minimum Gasteiger partial charge on any atom is -0.508 e. The lowest BCUT2D eigenvalue weighted by Crippen LogP contribution is -2.31. The second-order valence-corrected chi connectivity index (χ2v) is 10.1. The molecule has 9 N–H and O–H groups in total. The highest BCUT2D eigenvalue weighted by molar-refractivity contribution is 5.94. The minimum atomic E-state index is -1.34. The van der Waals surface area contributed by atoms with Gasteiger partial charge in [-0.25, -0.2) is 0 Å². The minimum absolute atomic E-state index is 0.00576. The maximum atomic E-state index is 13.2. The molecular weight excluding hydrogens is 540 g/mol. The van der Waals surface area contributed by atoms with E-state index in [4.69, 9.17) is 9.47 Å². The molecule has 212 valence electrons. The van der Waals surface area contributed by atoms with Crippen LogP contribution in [0.4, 0.5) is 0 Å². The third-order valence-electron chi connectivity index (χ3n) is 7.43. The van der Waals surface area contributed by atoms with Gasteiger partial charge in [-0.3, -0.25) is 4.79 Å². The molecule has 0 fully saturated rings. The lowest BCUT2D eigenvalue weighted by molar-refractivity contribution is 0.0193. The quantitative estimate of drug-likeness (QED) is 0.160. The molecule has 4 atom stereocenters. The molecule has 0 bridgehead atoms. The van der Waals surface area contributed by atoms with Gasteiger partial charge in [-0.2, -0.15) is 0 Å². The molecule has 0 saturated heterocycles. The van der Waals surface area contributed by atoms with Crippen LogP contribution in [0.15, 0.2) is 47.3 Å². The summed E-state index contributed by atoms with van der Waals surface area (Å²) in [5.74, 6) is -3.57. The summed E-state index contributed by atoms with van der Waals surface area (Å²) in [6.07, 6.45) is -5.40. The number of aliphatic hydroxyl groups is 2. The molecule has 0 aromatic heterocycles. The van der Waals surface area contributed by atoms with Gasteiger partial charge >= 0.3 is 0 Å². The molecule has 4 aromatic rings. The summed E-state index contributed by atoms with van der Waals surface area (Å²) in [5, 5.41) is 93.5. The SMILES string of the molecule is O=c1c(O)cc([C@H]2Oc3cc(O)cc(O)c3C[C@H]2O)cc2c(C3Oc4cc(O)cc(O)c4C[C@H]3O)cc(O)c(O)c12. The molecule has 1 unspecified atom stereocenters. The number of phenols is 6. The molecule has 2 aliphatic rings. The molecule has 2 heterocycles. The van der Waals surface area contributed by atoms with Crippen LogP contribution < -0.4 is 14.9 Å². The Morgan fingerprint density at radius 1 is 0.610 bits per heavy atom. The summed E-state index contributed by atoms with van der Waals surface area (Å²) in [6.45, 7) is 0. The van der Waals surface area contributed by atoms with Crippen LogP contribution in [-0.2, 0) is 12.8 Å². The predicted octanol–water partition coefficient (Wildman–Crippen LogP) is 2.21. The molecule has 0 amide bonds. The van der Waals surface area contributed by atoms with Crippen LogP contribution in [0.2, 0.25) is 0 Å². The fraction of sp³-hybridized carbons (Fsp3) is 0.207. The lowest BCUT2D eigenvalue weighted by atomic mass is 9.90. The second-order valence-electron chi connectivity index (χ2n) is 10.1. The summed E-state index contributed by atoms with van der Waals surface area (Å²) in [5.41, 5.74) is -0.578. The van der Waals surface area contributed by atoms with E-state index in [1.165, 1.54) is 18.2 Å². The van der Waals surface area contributed by atoms with Crippen molar-refractivity contribution in [3.8, 4) is 51.7 Å². The van der Waals surface area contributed by atoms with E-state index in [2.05, 4.69) is 0 Å². The predicted molar refractivity (Wildman–Crippen MR) is 141 cm³/mol. The van der Waals surface area contributed by atoms with Gasteiger partial charge in [0.1, 0.15) is 40.6 Å². The normalized spacial score (nSPS) is 21.4. The van der Waals surface area contributed by atoms with Crippen LogP contribution >= 0.6 is 0 Å². The van der Waals surface area contributed by atoms with E-state index in [0.29, 0.717) is 0 Å². The average molecular weight is 564 g/mol. The van der Waals surface area contributed by atoms with Crippen molar-refractivity contribution in [3.05, 3.63) is 74.9 Å². The fourth-order valence-electron chi connectivity index (χ4n) is 5.52. The number of phenolic OH excluding ortho intramolecular Hbond substituents is 6. The highest BCUT2D eigenvalue weighted by Gasteiger charge is 2.36. The number of fused-ring (bicyclic) bond motifs is 3. The molecule has 0 saturated carbocycles. The zero-order valence-electron chi connectivity index (χ0n) is 21.0. The van der Waals surface area contributed by atoms with Crippen molar-refractivity contribution in [2.45, 2.75) is 37.3 Å². The summed E-state index contributed by atoms with van der Waals surface area (Å²) >= 11 is 0. The first-order chi connectivity index (χ1) is 19.4. The molecule has 0 spiro atoms. The van der Waals surface area contributed by atoms with Gasteiger partial charge < -0.3 is 55.4 Å². The van der Waals surface area contributed by atoms with E-state index < -0.39 is 52.5 Å². The standard InChI is InChI=1S/C29H24O12/c30-11-3-17(32)15-8-21(36)28(40-23(15)5-11)10-1-13-14(7-20(35)27(39)25(13)26(38)19(34)2-10)29-22(37)9-16-18(33)4-12(31)6-24(16)41-29/h1-7,21-22,28-33,35-37,39H,8-9H2,(H,34,38)/t21-,22-,28-,29?/m1/s1. The Morgan fingerprint density at radius 3 is 1.73 bits per heavy atom. The van der Waals surface area contributed by atoms with Crippen molar-refractivity contribution in [2.24, 2.45) is 0 Å². The van der Waals surface area contributed by atoms with Crippen molar-refractivity contribution >= 4 is 10.8 Å². The topological polar surface area (TPSA) is 218 Å². The maximum absolute atomic E-state index is 13.2. The lowest BCUT2D eigenvalue weighted by Gasteiger charge is -2.32. The van der Waals surface area contributed by atoms with Gasteiger partial charge in [-0.1, -0.05) is 0 Å². The third kappa shape index (κ3) is 4.20.